The fraction of sp³-hybridized carbons (Fsp3) is 0.590. The molecule has 0 aromatic heterocycles. The Morgan fingerprint density at radius 1 is 0.261 bits per heavy atom. The average Bonchev–Trinajstić information content (AvgIpc) is 3.54. The zero-order valence-corrected chi connectivity index (χ0v) is 56.7. The molecule has 0 aliphatic carbocycles. The van der Waals surface area contributed by atoms with Crippen LogP contribution < -0.4 is 0 Å². The second-order valence-electron chi connectivity index (χ2n) is 23.2. The summed E-state index contributed by atoms with van der Waals surface area (Å²) in [6.45, 7) is 3.91. The Bertz CT molecular complexity index is 2000. The van der Waals surface area contributed by atoms with Crippen LogP contribution in [-0.4, -0.2) is 36.4 Å². The largest absolute Gasteiger partial charge is 0.462 e. The van der Waals surface area contributed by atoms with Gasteiger partial charge in [-0.05, 0) is 141 Å². The number of aliphatic hydroxyl groups is 1. The summed E-state index contributed by atoms with van der Waals surface area (Å²) in [5, 5.41) is 9.71. The van der Waals surface area contributed by atoms with E-state index in [-0.39, 0.29) is 25.2 Å². The molecule has 0 aliphatic heterocycles. The Morgan fingerprint density at radius 3 is 0.682 bits per heavy atom. The number of aliphatic hydroxyl groups excluding tert-OH is 1. The van der Waals surface area contributed by atoms with Crippen LogP contribution in [0.4, 0.5) is 0 Å². The van der Waals surface area contributed by atoms with Crippen molar-refractivity contribution < 1.29 is 24.2 Å². The summed E-state index contributed by atoms with van der Waals surface area (Å²) in [4.78, 5) is 24.7. The molecule has 494 valence electrons. The summed E-state index contributed by atoms with van der Waals surface area (Å²) in [5.74, 6) is -0.608. The molecule has 1 N–H and O–H groups in total. The molecule has 0 heterocycles. The highest BCUT2D eigenvalue weighted by Gasteiger charge is 2.16. The van der Waals surface area contributed by atoms with Gasteiger partial charge in [-0.3, -0.25) is 9.59 Å². The van der Waals surface area contributed by atoms with E-state index in [0.29, 0.717) is 12.8 Å². The van der Waals surface area contributed by atoms with Crippen LogP contribution in [0.1, 0.15) is 296 Å². The van der Waals surface area contributed by atoms with Crippen molar-refractivity contribution in [2.45, 2.75) is 302 Å². The second-order valence-corrected chi connectivity index (χ2v) is 23.2. The minimum absolute atomic E-state index is 0.0797. The second kappa shape index (κ2) is 76.0. The predicted octanol–water partition coefficient (Wildman–Crippen LogP) is 25.5. The van der Waals surface area contributed by atoms with Crippen molar-refractivity contribution in [3.63, 3.8) is 0 Å². The maximum atomic E-state index is 12.4. The lowest BCUT2D eigenvalue weighted by Crippen LogP contribution is -2.28. The Hall–Kier alpha value is -5.26. The summed E-state index contributed by atoms with van der Waals surface area (Å²) < 4.78 is 10.8. The van der Waals surface area contributed by atoms with Crippen molar-refractivity contribution >= 4 is 11.9 Å². The van der Waals surface area contributed by atoms with E-state index in [1.54, 1.807) is 0 Å². The van der Waals surface area contributed by atoms with Crippen molar-refractivity contribution in [3.8, 4) is 0 Å². The normalized spacial score (nSPS) is 13.4. The molecule has 0 amide bonds. The molecular formula is C83H132O5. The lowest BCUT2D eigenvalue weighted by molar-refractivity contribution is -0.161. The molecule has 0 bridgehead atoms. The number of carbonyl (C=O) groups excluding carboxylic acids is 2. The molecule has 5 nitrogen and oxygen atoms in total. The smallest absolute Gasteiger partial charge is 0.306 e. The van der Waals surface area contributed by atoms with Crippen molar-refractivity contribution in [2.24, 2.45) is 0 Å². The predicted molar refractivity (Wildman–Crippen MR) is 389 cm³/mol. The molecule has 0 aromatic rings. The van der Waals surface area contributed by atoms with Crippen LogP contribution in [0.25, 0.3) is 0 Å². The molecule has 0 aliphatic rings. The fourth-order valence-corrected chi connectivity index (χ4v) is 9.59. The van der Waals surface area contributed by atoms with E-state index in [1.165, 1.54) is 122 Å². The maximum absolute atomic E-state index is 12.4. The number of unbranched alkanes of at least 4 members (excludes halogenated alkanes) is 24. The minimum atomic E-state index is -0.793. The first-order valence-corrected chi connectivity index (χ1v) is 36.0. The van der Waals surface area contributed by atoms with E-state index in [0.717, 1.165) is 148 Å². The van der Waals surface area contributed by atoms with Crippen LogP contribution in [-0.2, 0) is 19.1 Å². The quantitative estimate of drug-likeness (QED) is 0.0373. The van der Waals surface area contributed by atoms with Crippen LogP contribution in [0, 0.1) is 0 Å². The van der Waals surface area contributed by atoms with Crippen molar-refractivity contribution in [1.82, 2.24) is 0 Å². The van der Waals surface area contributed by atoms with E-state index < -0.39 is 6.10 Å². The van der Waals surface area contributed by atoms with Gasteiger partial charge in [-0.25, -0.2) is 0 Å². The number of allylic oxidation sites excluding steroid dienone is 32. The van der Waals surface area contributed by atoms with E-state index in [1.807, 2.05) is 0 Å². The highest BCUT2D eigenvalue weighted by molar-refractivity contribution is 5.70. The first kappa shape index (κ1) is 82.7. The summed E-state index contributed by atoms with van der Waals surface area (Å²) in [6, 6.07) is 0. The van der Waals surface area contributed by atoms with E-state index in [9.17, 15) is 14.7 Å². The van der Waals surface area contributed by atoms with Gasteiger partial charge in [0.1, 0.15) is 6.61 Å². The molecular weight excluding hydrogens is 1080 g/mol. The van der Waals surface area contributed by atoms with E-state index in [2.05, 4.69) is 208 Å². The summed E-state index contributed by atoms with van der Waals surface area (Å²) in [7, 11) is 0. The molecule has 0 spiro atoms. The van der Waals surface area contributed by atoms with Crippen LogP contribution in [0.3, 0.4) is 0 Å². The molecule has 1 atom stereocenters. The summed E-state index contributed by atoms with van der Waals surface area (Å²) in [5.41, 5.74) is 0. The van der Waals surface area contributed by atoms with Crippen LogP contribution >= 0.6 is 0 Å². The SMILES string of the molecule is CC/C=C\C/C=C\C/C=C\C/C=C\C/C=C\C/C=C\C/C=C\C/C=C\C/C=C\CCCCCCCCCC(=O)OC(CO)COC(=O)CCCCCCCCCCCCCCCCCCC/C=C\C/C=C\C/C=C\C/C=C\C/C=C\C/C=C\C/C=C\CC. The standard InChI is InChI=1S/C83H132O5/c1-3-5-7-9-11-13-15-17-19-21-23-25-27-29-31-33-35-37-39-40-41-42-44-45-47-49-51-53-55-57-59-61-63-65-67-69-71-73-75-77-82(85)87-80-81(79-84)88-83(86)78-76-74-72-70-68-66-64-62-60-58-56-54-52-50-48-46-43-38-36-34-32-30-28-26-24-22-20-18-16-14-12-10-8-6-4-2/h5-8,11-14,17-20,23-26,29-32,35-38,40-41,46,48,52,54,58,60,81,84H,3-4,9-10,15-16,21-22,27-28,33-34,39,42-45,47,49-51,53,55-57,59,61-80H2,1-2H3/b7-5-,8-6-,13-11-,14-12-,19-17-,20-18-,25-23-,26-24-,31-29-,32-30-,37-35-,38-36-,41-40-,48-46-,54-52-,60-58-. The molecule has 0 fully saturated rings. The summed E-state index contributed by atoms with van der Waals surface area (Å²) in [6.07, 6.45) is 120. The molecule has 0 rings (SSSR count). The summed E-state index contributed by atoms with van der Waals surface area (Å²) >= 11 is 0. The molecule has 0 saturated heterocycles. The van der Waals surface area contributed by atoms with Crippen molar-refractivity contribution in [3.05, 3.63) is 194 Å². The first-order chi connectivity index (χ1) is 43.6. The van der Waals surface area contributed by atoms with Crippen molar-refractivity contribution in [1.29, 1.82) is 0 Å². The van der Waals surface area contributed by atoms with Gasteiger partial charge >= 0.3 is 11.9 Å². The molecule has 5 heteroatoms. The molecule has 0 radical (unpaired) electrons. The van der Waals surface area contributed by atoms with E-state index >= 15 is 0 Å². The zero-order chi connectivity index (χ0) is 63.3. The van der Waals surface area contributed by atoms with Gasteiger partial charge < -0.3 is 14.6 Å². The minimum Gasteiger partial charge on any atom is -0.462 e. The highest BCUT2D eigenvalue weighted by Crippen LogP contribution is 2.16. The van der Waals surface area contributed by atoms with E-state index in [4.69, 9.17) is 9.47 Å². The average molecular weight is 1210 g/mol. The Kier molecular flexibility index (Phi) is 71.4. The van der Waals surface area contributed by atoms with Gasteiger partial charge in [0.05, 0.1) is 6.61 Å². The van der Waals surface area contributed by atoms with Gasteiger partial charge in [-0.15, -0.1) is 0 Å². The van der Waals surface area contributed by atoms with Crippen LogP contribution in [0.5, 0.6) is 0 Å². The number of rotatable bonds is 64. The van der Waals surface area contributed by atoms with Gasteiger partial charge in [0.2, 0.25) is 0 Å². The van der Waals surface area contributed by atoms with Crippen molar-refractivity contribution in [2.75, 3.05) is 13.2 Å². The van der Waals surface area contributed by atoms with Gasteiger partial charge in [-0.1, -0.05) is 337 Å². The molecule has 88 heavy (non-hydrogen) atoms. The number of hydrogen-bond donors (Lipinski definition) is 1. The van der Waals surface area contributed by atoms with Gasteiger partial charge in [0, 0.05) is 12.8 Å². The third kappa shape index (κ3) is 73.2. The number of ether oxygens (including phenoxy) is 2. The van der Waals surface area contributed by atoms with Crippen LogP contribution in [0.15, 0.2) is 194 Å². The molecule has 1 unspecified atom stereocenters. The Balaban J connectivity index is 3.56. The molecule has 0 aromatic carbocycles. The van der Waals surface area contributed by atoms with Crippen LogP contribution in [0.2, 0.25) is 0 Å². The maximum Gasteiger partial charge on any atom is 0.306 e. The molecule has 0 saturated carbocycles. The number of carbonyl (C=O) groups is 2. The third-order valence-electron chi connectivity index (χ3n) is 14.9. The lowest BCUT2D eigenvalue weighted by atomic mass is 10.0. The van der Waals surface area contributed by atoms with Gasteiger partial charge in [-0.2, -0.15) is 0 Å². The zero-order valence-electron chi connectivity index (χ0n) is 56.7. The fourth-order valence-electron chi connectivity index (χ4n) is 9.59. The first-order valence-electron chi connectivity index (χ1n) is 36.0. The Labute approximate surface area is 543 Å². The Morgan fingerprint density at radius 2 is 0.455 bits per heavy atom. The lowest BCUT2D eigenvalue weighted by Gasteiger charge is -2.15. The van der Waals surface area contributed by atoms with Gasteiger partial charge in [0.15, 0.2) is 6.10 Å². The third-order valence-corrected chi connectivity index (χ3v) is 14.9. The number of esters is 2. The topological polar surface area (TPSA) is 72.8 Å². The highest BCUT2D eigenvalue weighted by atomic mass is 16.6. The monoisotopic (exact) mass is 1210 g/mol. The van der Waals surface area contributed by atoms with Gasteiger partial charge in [0.25, 0.3) is 0 Å². The number of hydrogen-bond acceptors (Lipinski definition) is 5.